The Morgan fingerprint density at radius 2 is 1.88 bits per heavy atom. The molecule has 1 aliphatic rings. The summed E-state index contributed by atoms with van der Waals surface area (Å²) in [4.78, 5) is 15.8. The molecule has 0 spiro atoms. The van der Waals surface area contributed by atoms with E-state index in [-0.39, 0.29) is 5.78 Å². The second-order valence-electron chi connectivity index (χ2n) is 4.62. The van der Waals surface area contributed by atoms with Crippen molar-refractivity contribution >= 4 is 17.2 Å². The largest absolute Gasteiger partial charge is 0.397 e. The molecule has 17 heavy (non-hydrogen) atoms. The van der Waals surface area contributed by atoms with Gasteiger partial charge in [-0.05, 0) is 32.2 Å². The van der Waals surface area contributed by atoms with Crippen molar-refractivity contribution in [2.75, 3.05) is 43.9 Å². The van der Waals surface area contributed by atoms with E-state index in [1.807, 2.05) is 12.1 Å². The van der Waals surface area contributed by atoms with E-state index in [2.05, 4.69) is 16.8 Å². The molecule has 0 saturated carbocycles. The van der Waals surface area contributed by atoms with Crippen LogP contribution in [0, 0.1) is 0 Å². The highest BCUT2D eigenvalue weighted by Gasteiger charge is 2.16. The van der Waals surface area contributed by atoms with Gasteiger partial charge in [0.2, 0.25) is 0 Å². The fourth-order valence-electron chi connectivity index (χ4n) is 2.11. The number of carbonyl (C=O) groups excluding carboxylic acids is 1. The predicted molar refractivity (Wildman–Crippen MR) is 70.6 cm³/mol. The van der Waals surface area contributed by atoms with Crippen LogP contribution in [0.2, 0.25) is 0 Å². The quantitative estimate of drug-likeness (QED) is 0.616. The molecule has 2 N–H and O–H groups in total. The lowest BCUT2D eigenvalue weighted by atomic mass is 10.1. The van der Waals surface area contributed by atoms with Gasteiger partial charge in [0.25, 0.3) is 0 Å². The van der Waals surface area contributed by atoms with Gasteiger partial charge >= 0.3 is 0 Å². The summed E-state index contributed by atoms with van der Waals surface area (Å²) in [7, 11) is 2.12. The molecule has 1 heterocycles. The minimum Gasteiger partial charge on any atom is -0.397 e. The van der Waals surface area contributed by atoms with E-state index in [0.29, 0.717) is 11.3 Å². The molecule has 4 heteroatoms. The van der Waals surface area contributed by atoms with Crippen LogP contribution in [0.3, 0.4) is 0 Å². The third kappa shape index (κ3) is 2.58. The van der Waals surface area contributed by atoms with E-state index in [1.54, 1.807) is 13.0 Å². The first-order valence-corrected chi connectivity index (χ1v) is 5.92. The predicted octanol–water partition coefficient (Wildman–Crippen LogP) is 1.22. The molecule has 0 atom stereocenters. The van der Waals surface area contributed by atoms with Crippen LogP contribution >= 0.6 is 0 Å². The number of likely N-dealkylation sites (N-methyl/N-ethyl adjacent to an activating group) is 1. The number of hydrogen-bond acceptors (Lipinski definition) is 4. The Hall–Kier alpha value is -1.55. The number of nitrogens with zero attached hydrogens (tertiary/aromatic N) is 2. The molecular weight excluding hydrogens is 214 g/mol. The molecule has 1 aromatic carbocycles. The third-order valence-corrected chi connectivity index (χ3v) is 3.28. The molecule has 1 aromatic rings. The van der Waals surface area contributed by atoms with Crippen LogP contribution in [-0.2, 0) is 0 Å². The van der Waals surface area contributed by atoms with Crippen LogP contribution in [0.5, 0.6) is 0 Å². The summed E-state index contributed by atoms with van der Waals surface area (Å²) in [5.41, 5.74) is 8.44. The fourth-order valence-corrected chi connectivity index (χ4v) is 2.11. The summed E-state index contributed by atoms with van der Waals surface area (Å²) in [5.74, 6) is 0.0571. The van der Waals surface area contributed by atoms with Crippen LogP contribution < -0.4 is 10.6 Å². The van der Waals surface area contributed by atoms with Crippen molar-refractivity contribution in [2.45, 2.75) is 6.92 Å². The summed E-state index contributed by atoms with van der Waals surface area (Å²) < 4.78 is 0. The molecule has 1 fully saturated rings. The lowest BCUT2D eigenvalue weighted by molar-refractivity contribution is 0.101. The van der Waals surface area contributed by atoms with Gasteiger partial charge in [-0.1, -0.05) is 0 Å². The standard InChI is InChI=1S/C13H19N3O/c1-10(17)11-3-4-13(12(14)9-11)16-7-5-15(2)6-8-16/h3-4,9H,5-8,14H2,1-2H3. The zero-order chi connectivity index (χ0) is 12.4. The zero-order valence-corrected chi connectivity index (χ0v) is 10.4. The Labute approximate surface area is 102 Å². The van der Waals surface area contributed by atoms with Gasteiger partial charge < -0.3 is 15.5 Å². The number of piperazine rings is 1. The van der Waals surface area contributed by atoms with Crippen molar-refractivity contribution in [3.8, 4) is 0 Å². The Morgan fingerprint density at radius 1 is 1.24 bits per heavy atom. The van der Waals surface area contributed by atoms with Crippen molar-refractivity contribution in [1.29, 1.82) is 0 Å². The van der Waals surface area contributed by atoms with E-state index in [4.69, 9.17) is 5.73 Å². The third-order valence-electron chi connectivity index (χ3n) is 3.28. The number of nitrogens with two attached hydrogens (primary N) is 1. The number of Topliss-reactive ketones (excluding diaryl/α,β-unsaturated/α-hetero) is 1. The molecule has 1 saturated heterocycles. The summed E-state index contributed by atoms with van der Waals surface area (Å²) in [5, 5.41) is 0. The summed E-state index contributed by atoms with van der Waals surface area (Å²) in [6.07, 6.45) is 0. The lowest BCUT2D eigenvalue weighted by Gasteiger charge is -2.34. The first-order valence-electron chi connectivity index (χ1n) is 5.92. The van der Waals surface area contributed by atoms with Crippen molar-refractivity contribution < 1.29 is 4.79 Å². The number of nitrogen functional groups attached to an aromatic ring is 1. The topological polar surface area (TPSA) is 49.6 Å². The normalized spacial score (nSPS) is 17.2. The van der Waals surface area contributed by atoms with Crippen molar-refractivity contribution in [1.82, 2.24) is 4.90 Å². The van der Waals surface area contributed by atoms with Crippen molar-refractivity contribution in [3.05, 3.63) is 23.8 Å². The smallest absolute Gasteiger partial charge is 0.159 e. The number of anilines is 2. The Bertz CT molecular complexity index is 423. The average molecular weight is 233 g/mol. The number of hydrogen-bond donors (Lipinski definition) is 1. The molecule has 0 amide bonds. The molecule has 92 valence electrons. The molecular formula is C13H19N3O. The van der Waals surface area contributed by atoms with Gasteiger partial charge in [0, 0.05) is 31.7 Å². The molecule has 0 unspecified atom stereocenters. The first-order chi connectivity index (χ1) is 8.08. The number of benzene rings is 1. The molecule has 0 radical (unpaired) electrons. The molecule has 1 aliphatic heterocycles. The van der Waals surface area contributed by atoms with Gasteiger partial charge in [0.05, 0.1) is 11.4 Å². The molecule has 0 aromatic heterocycles. The van der Waals surface area contributed by atoms with Crippen LogP contribution in [0.25, 0.3) is 0 Å². The van der Waals surface area contributed by atoms with Gasteiger partial charge in [-0.2, -0.15) is 0 Å². The number of rotatable bonds is 2. The number of ketones is 1. The molecule has 4 nitrogen and oxygen atoms in total. The van der Waals surface area contributed by atoms with Crippen molar-refractivity contribution in [3.63, 3.8) is 0 Å². The minimum absolute atomic E-state index is 0.0571. The van der Waals surface area contributed by atoms with E-state index in [0.717, 1.165) is 31.9 Å². The van der Waals surface area contributed by atoms with Crippen LogP contribution in [0.15, 0.2) is 18.2 Å². The second-order valence-corrected chi connectivity index (χ2v) is 4.62. The van der Waals surface area contributed by atoms with Crippen molar-refractivity contribution in [2.24, 2.45) is 0 Å². The maximum Gasteiger partial charge on any atom is 0.159 e. The Balaban J connectivity index is 2.19. The highest BCUT2D eigenvalue weighted by molar-refractivity contribution is 5.96. The zero-order valence-electron chi connectivity index (χ0n) is 10.4. The highest BCUT2D eigenvalue weighted by atomic mass is 16.1. The maximum atomic E-state index is 11.3. The summed E-state index contributed by atoms with van der Waals surface area (Å²) in [6, 6.07) is 5.58. The number of carbonyl (C=O) groups is 1. The van der Waals surface area contributed by atoms with Crippen LogP contribution in [-0.4, -0.2) is 43.9 Å². The van der Waals surface area contributed by atoms with E-state index >= 15 is 0 Å². The van der Waals surface area contributed by atoms with Gasteiger partial charge in [-0.3, -0.25) is 4.79 Å². The van der Waals surface area contributed by atoms with Crippen LogP contribution in [0.1, 0.15) is 17.3 Å². The Kier molecular flexibility index (Phi) is 3.33. The molecule has 2 rings (SSSR count). The van der Waals surface area contributed by atoms with E-state index in [9.17, 15) is 4.79 Å². The highest BCUT2D eigenvalue weighted by Crippen LogP contribution is 2.25. The lowest BCUT2D eigenvalue weighted by Crippen LogP contribution is -2.44. The van der Waals surface area contributed by atoms with Gasteiger partial charge in [-0.25, -0.2) is 0 Å². The minimum atomic E-state index is 0.0571. The summed E-state index contributed by atoms with van der Waals surface area (Å²) in [6.45, 7) is 5.63. The van der Waals surface area contributed by atoms with E-state index in [1.165, 1.54) is 0 Å². The monoisotopic (exact) mass is 233 g/mol. The average Bonchev–Trinajstić information content (AvgIpc) is 2.30. The van der Waals surface area contributed by atoms with Crippen LogP contribution in [0.4, 0.5) is 11.4 Å². The van der Waals surface area contributed by atoms with Gasteiger partial charge in [0.15, 0.2) is 5.78 Å². The van der Waals surface area contributed by atoms with E-state index < -0.39 is 0 Å². The fraction of sp³-hybridized carbons (Fsp3) is 0.462. The van der Waals surface area contributed by atoms with Gasteiger partial charge in [0.1, 0.15) is 0 Å². The summed E-state index contributed by atoms with van der Waals surface area (Å²) >= 11 is 0. The second kappa shape index (κ2) is 4.75. The first kappa shape index (κ1) is 11.9. The Morgan fingerprint density at radius 3 is 2.41 bits per heavy atom. The maximum absolute atomic E-state index is 11.3. The van der Waals surface area contributed by atoms with Gasteiger partial charge in [-0.15, -0.1) is 0 Å². The molecule has 0 aliphatic carbocycles. The molecule has 0 bridgehead atoms. The SMILES string of the molecule is CC(=O)c1ccc(N2CCN(C)CC2)c(N)c1.